The molecule has 15 heteroatoms. The summed E-state index contributed by atoms with van der Waals surface area (Å²) in [6.45, 7) is 4.62. The molecule has 2 aromatic heterocycles. The first-order valence-electron chi connectivity index (χ1n) is 18.8. The maximum absolute atomic E-state index is 16.4. The van der Waals surface area contributed by atoms with E-state index in [1.807, 2.05) is 30.2 Å². The van der Waals surface area contributed by atoms with Gasteiger partial charge in [0, 0.05) is 42.1 Å². The highest BCUT2D eigenvalue weighted by Crippen LogP contribution is 2.58. The number of rotatable bonds is 13. The SMILES string of the molecule is CCCOC(=O)[C@H](C)N[P@@](=O)(Oc1ccccc1)[C@@H](F)c1ccc2sc(C(=O)N[C@H]3CCC[C@H]4CC[C@@H](C(=O)N5CC(c6cccnc6)C5)N4C3=O)cc2c1. The topological polar surface area (TPSA) is 147 Å². The van der Waals surface area contributed by atoms with Crippen LogP contribution in [-0.4, -0.2) is 82.3 Å². The van der Waals surface area contributed by atoms with Crippen LogP contribution in [0.3, 0.4) is 0 Å². The summed E-state index contributed by atoms with van der Waals surface area (Å²) in [7, 11) is -4.43. The molecular weight excluding hydrogens is 745 g/mol. The van der Waals surface area contributed by atoms with Gasteiger partial charge in [-0.3, -0.25) is 28.7 Å². The maximum atomic E-state index is 16.4. The van der Waals surface area contributed by atoms with Crippen LogP contribution in [0.25, 0.3) is 10.1 Å². The van der Waals surface area contributed by atoms with E-state index in [-0.39, 0.29) is 41.7 Å². The smallest absolute Gasteiger partial charge is 0.355 e. The van der Waals surface area contributed by atoms with E-state index in [1.165, 1.54) is 30.4 Å². The molecule has 2 N–H and O–H groups in total. The molecule has 3 fully saturated rings. The number of pyridine rings is 1. The van der Waals surface area contributed by atoms with Crippen LogP contribution in [0.15, 0.2) is 79.1 Å². The van der Waals surface area contributed by atoms with Crippen LogP contribution in [-0.2, 0) is 23.7 Å². The second kappa shape index (κ2) is 16.6. The van der Waals surface area contributed by atoms with Gasteiger partial charge in [-0.25, -0.2) is 9.48 Å². The summed E-state index contributed by atoms with van der Waals surface area (Å²) in [6.07, 6.45) is 7.44. The standard InChI is InChI=1S/C40H45FN5O7PS/c1-3-19-52-40(50)25(2)44-54(51,53-31-11-5-4-6-12-31)36(41)26-14-17-34-28(20-26)21-35(55-34)37(47)43-32-13-7-10-30-15-16-33(46(30)38(32)48)39(49)45-23-29(24-45)27-9-8-18-42-22-27/h4-6,8-9,11-12,14,17-18,20-22,25,29-30,32-33,36H,3,7,10,13,15-16,19,23-24H2,1-2H3,(H,43,47)(H,44,51)/t25-,30-,32-,33-,36+,54-/m0/s1. The lowest BCUT2D eigenvalue weighted by molar-refractivity contribution is -0.148. The molecule has 0 unspecified atom stereocenters. The molecule has 55 heavy (non-hydrogen) atoms. The van der Waals surface area contributed by atoms with Crippen LogP contribution < -0.4 is 14.9 Å². The number of nitrogens with zero attached hydrogens (tertiary/aromatic N) is 3. The minimum Gasteiger partial charge on any atom is -0.465 e. The van der Waals surface area contributed by atoms with Crippen LogP contribution >= 0.6 is 18.9 Å². The molecule has 6 atom stereocenters. The van der Waals surface area contributed by atoms with Crippen molar-refractivity contribution in [1.82, 2.24) is 25.2 Å². The summed E-state index contributed by atoms with van der Waals surface area (Å²) in [5.74, 6) is -3.22. The molecule has 0 radical (unpaired) electrons. The van der Waals surface area contributed by atoms with Gasteiger partial charge in [0.2, 0.25) is 17.7 Å². The highest BCUT2D eigenvalue weighted by molar-refractivity contribution is 7.57. The third-order valence-corrected chi connectivity index (χ3v) is 13.8. The highest BCUT2D eigenvalue weighted by Gasteiger charge is 2.48. The van der Waals surface area contributed by atoms with Crippen LogP contribution in [0.1, 0.15) is 85.0 Å². The summed E-state index contributed by atoms with van der Waals surface area (Å²) in [4.78, 5) is 62.0. The number of hydrogen-bond acceptors (Lipinski definition) is 9. The molecule has 290 valence electrons. The number of esters is 1. The molecule has 0 aliphatic carbocycles. The zero-order valence-corrected chi connectivity index (χ0v) is 32.5. The number of aromatic nitrogens is 1. The van der Waals surface area contributed by atoms with Gasteiger partial charge in [-0.1, -0.05) is 37.3 Å². The lowest BCUT2D eigenvalue weighted by atomic mass is 9.92. The first-order chi connectivity index (χ1) is 26.5. The van der Waals surface area contributed by atoms with Crippen LogP contribution in [0.5, 0.6) is 5.75 Å². The van der Waals surface area contributed by atoms with Crippen molar-refractivity contribution in [2.45, 2.75) is 88.4 Å². The number of benzene rings is 2. The molecule has 12 nitrogen and oxygen atoms in total. The largest absolute Gasteiger partial charge is 0.465 e. The normalized spacial score (nSPS) is 22.2. The van der Waals surface area contributed by atoms with Crippen molar-refractivity contribution in [3.8, 4) is 5.75 Å². The number of fused-ring (bicyclic) bond motifs is 2. The average molecular weight is 790 g/mol. The molecule has 3 amide bonds. The Labute approximate surface area is 323 Å². The molecule has 3 saturated heterocycles. The number of carbonyl (C=O) groups is 4. The first kappa shape index (κ1) is 38.6. The number of para-hydroxylation sites is 1. The molecule has 0 bridgehead atoms. The Hall–Kier alpha value is -4.65. The Balaban J connectivity index is 1.04. The maximum Gasteiger partial charge on any atom is 0.355 e. The van der Waals surface area contributed by atoms with Crippen molar-refractivity contribution in [3.05, 3.63) is 95.1 Å². The highest BCUT2D eigenvalue weighted by atomic mass is 32.1. The average Bonchev–Trinajstić information content (AvgIpc) is 3.77. The van der Waals surface area contributed by atoms with Gasteiger partial charge in [-0.2, -0.15) is 0 Å². The van der Waals surface area contributed by atoms with Crippen LogP contribution in [0, 0.1) is 0 Å². The van der Waals surface area contributed by atoms with Crippen LogP contribution in [0.4, 0.5) is 4.39 Å². The van der Waals surface area contributed by atoms with E-state index in [1.54, 1.807) is 53.6 Å². The summed E-state index contributed by atoms with van der Waals surface area (Å²) >= 11 is 1.19. The minimum atomic E-state index is -4.43. The van der Waals surface area contributed by atoms with E-state index < -0.39 is 43.4 Å². The summed E-state index contributed by atoms with van der Waals surface area (Å²) in [6, 6.07) is 15.8. The third kappa shape index (κ3) is 8.32. The number of hydrogen-bond donors (Lipinski definition) is 2. The third-order valence-electron chi connectivity index (χ3n) is 10.5. The molecule has 5 heterocycles. The van der Waals surface area contributed by atoms with E-state index in [2.05, 4.69) is 15.4 Å². The fraction of sp³-hybridized carbons (Fsp3) is 0.425. The van der Waals surface area contributed by atoms with Crippen LogP contribution in [0.2, 0.25) is 0 Å². The molecule has 7 rings (SSSR count). The van der Waals surface area contributed by atoms with Crippen molar-refractivity contribution in [2.75, 3.05) is 19.7 Å². The lowest BCUT2D eigenvalue weighted by Crippen LogP contribution is -2.58. The second-order valence-electron chi connectivity index (χ2n) is 14.4. The Morgan fingerprint density at radius 3 is 2.58 bits per heavy atom. The lowest BCUT2D eigenvalue weighted by Gasteiger charge is -2.42. The molecule has 0 saturated carbocycles. The number of alkyl halides is 1. The van der Waals surface area contributed by atoms with Gasteiger partial charge >= 0.3 is 13.5 Å². The van der Waals surface area contributed by atoms with Crippen molar-refractivity contribution in [3.63, 3.8) is 0 Å². The molecule has 3 aliphatic heterocycles. The Bertz CT molecular complexity index is 2080. The van der Waals surface area contributed by atoms with Crippen molar-refractivity contribution in [1.29, 1.82) is 0 Å². The number of ether oxygens (including phenoxy) is 1. The number of carbonyl (C=O) groups excluding carboxylic acids is 4. The summed E-state index contributed by atoms with van der Waals surface area (Å²) in [5, 5.41) is 6.05. The molecule has 0 spiro atoms. The number of halogens is 1. The van der Waals surface area contributed by atoms with Crippen molar-refractivity contribution >= 4 is 52.6 Å². The van der Waals surface area contributed by atoms with Gasteiger partial charge in [-0.05, 0) is 98.4 Å². The molecule has 2 aromatic carbocycles. The van der Waals surface area contributed by atoms with Crippen molar-refractivity contribution < 1.29 is 37.4 Å². The second-order valence-corrected chi connectivity index (χ2v) is 17.6. The van der Waals surface area contributed by atoms with Gasteiger partial charge in [0.15, 0.2) is 0 Å². The van der Waals surface area contributed by atoms with E-state index in [9.17, 15) is 23.7 Å². The quantitative estimate of drug-likeness (QED) is 0.111. The van der Waals surface area contributed by atoms with E-state index in [0.29, 0.717) is 47.3 Å². The fourth-order valence-electron chi connectivity index (χ4n) is 7.61. The predicted molar refractivity (Wildman–Crippen MR) is 207 cm³/mol. The minimum absolute atomic E-state index is 0.0295. The number of thiophene rings is 1. The van der Waals surface area contributed by atoms with E-state index in [4.69, 9.17) is 9.26 Å². The zero-order chi connectivity index (χ0) is 38.7. The molecular formula is C40H45FN5O7PS. The number of likely N-dealkylation sites (tertiary alicyclic amines) is 1. The Morgan fingerprint density at radius 1 is 1.04 bits per heavy atom. The number of nitrogens with one attached hydrogen (secondary N) is 2. The molecule has 3 aliphatic rings. The number of amides is 3. The Kier molecular flexibility index (Phi) is 11.7. The first-order valence-corrected chi connectivity index (χ1v) is 21.3. The van der Waals surface area contributed by atoms with Gasteiger partial charge in [0.25, 0.3) is 5.91 Å². The van der Waals surface area contributed by atoms with Crippen molar-refractivity contribution in [2.24, 2.45) is 0 Å². The molecule has 4 aromatic rings. The van der Waals surface area contributed by atoms with Gasteiger partial charge in [0.1, 0.15) is 23.9 Å². The van der Waals surface area contributed by atoms with E-state index >= 15 is 4.39 Å². The predicted octanol–water partition coefficient (Wildman–Crippen LogP) is 6.74. The zero-order valence-electron chi connectivity index (χ0n) is 30.8. The van der Waals surface area contributed by atoms with Gasteiger partial charge < -0.3 is 24.4 Å². The van der Waals surface area contributed by atoms with Gasteiger partial charge in [0.05, 0.1) is 11.5 Å². The fourth-order valence-corrected chi connectivity index (χ4v) is 10.5. The van der Waals surface area contributed by atoms with E-state index in [0.717, 1.165) is 24.8 Å². The Morgan fingerprint density at radius 2 is 1.84 bits per heavy atom. The summed E-state index contributed by atoms with van der Waals surface area (Å²) in [5.41, 5.74) is 1.12. The van der Waals surface area contributed by atoms with Gasteiger partial charge in [-0.15, -0.1) is 11.3 Å². The monoisotopic (exact) mass is 789 g/mol. The summed E-state index contributed by atoms with van der Waals surface area (Å²) < 4.78 is 42.3.